The standard InChI is InChI=1S/C20H19N2O/c1-12-5-6-18(22(4)11-12)15-9-20-16(7-13(15)2)17-10-21-14(3)8-19(17)23-20/h5-11H,1-4H3/q+1. The molecular formula is C20H19N2O+. The lowest BCUT2D eigenvalue weighted by atomic mass is 10.0. The Morgan fingerprint density at radius 1 is 0.957 bits per heavy atom. The number of nitrogens with zero attached hydrogens (tertiary/aromatic N) is 2. The van der Waals surface area contributed by atoms with E-state index in [-0.39, 0.29) is 0 Å². The third-order valence-corrected chi connectivity index (χ3v) is 4.40. The molecule has 0 aliphatic carbocycles. The Bertz CT molecular complexity index is 1060. The van der Waals surface area contributed by atoms with Crippen LogP contribution in [-0.2, 0) is 7.05 Å². The Morgan fingerprint density at radius 3 is 2.52 bits per heavy atom. The number of rotatable bonds is 1. The van der Waals surface area contributed by atoms with Crippen molar-refractivity contribution >= 4 is 21.9 Å². The second-order valence-electron chi connectivity index (χ2n) is 6.29. The Morgan fingerprint density at radius 2 is 1.74 bits per heavy atom. The number of benzene rings is 1. The van der Waals surface area contributed by atoms with Crippen LogP contribution in [0, 0.1) is 20.8 Å². The van der Waals surface area contributed by atoms with Gasteiger partial charge in [-0.25, -0.2) is 4.57 Å². The molecule has 0 saturated carbocycles. The fourth-order valence-corrected chi connectivity index (χ4v) is 3.22. The average molecular weight is 303 g/mol. The molecular weight excluding hydrogens is 284 g/mol. The first-order chi connectivity index (χ1) is 11.0. The van der Waals surface area contributed by atoms with Crippen molar-refractivity contribution in [3.05, 3.63) is 59.5 Å². The summed E-state index contributed by atoms with van der Waals surface area (Å²) in [5.41, 5.74) is 7.65. The molecule has 4 rings (SSSR count). The Labute approximate surface area is 135 Å². The fourth-order valence-electron chi connectivity index (χ4n) is 3.22. The summed E-state index contributed by atoms with van der Waals surface area (Å²) in [5, 5.41) is 2.21. The van der Waals surface area contributed by atoms with Gasteiger partial charge in [0, 0.05) is 40.4 Å². The van der Waals surface area contributed by atoms with E-state index in [1.54, 1.807) is 0 Å². The minimum Gasteiger partial charge on any atom is -0.456 e. The van der Waals surface area contributed by atoms with Gasteiger partial charge in [0.15, 0.2) is 6.20 Å². The van der Waals surface area contributed by atoms with Crippen LogP contribution in [0.4, 0.5) is 0 Å². The van der Waals surface area contributed by atoms with Crippen molar-refractivity contribution in [2.24, 2.45) is 7.05 Å². The average Bonchev–Trinajstić information content (AvgIpc) is 2.83. The minimum atomic E-state index is 0.900. The molecule has 1 aromatic carbocycles. The molecule has 0 bridgehead atoms. The Hall–Kier alpha value is -2.68. The number of hydrogen-bond donors (Lipinski definition) is 0. The highest BCUT2D eigenvalue weighted by molar-refractivity contribution is 6.06. The number of aryl methyl sites for hydroxylation is 4. The highest BCUT2D eigenvalue weighted by atomic mass is 16.3. The van der Waals surface area contributed by atoms with Crippen molar-refractivity contribution < 1.29 is 8.98 Å². The summed E-state index contributed by atoms with van der Waals surface area (Å²) >= 11 is 0. The van der Waals surface area contributed by atoms with Crippen LogP contribution in [0.25, 0.3) is 33.2 Å². The van der Waals surface area contributed by atoms with Gasteiger partial charge in [0.1, 0.15) is 18.2 Å². The number of aromatic nitrogens is 2. The molecule has 0 aliphatic rings. The van der Waals surface area contributed by atoms with Crippen molar-refractivity contribution in [3.8, 4) is 11.3 Å². The van der Waals surface area contributed by atoms with E-state index < -0.39 is 0 Å². The number of fused-ring (bicyclic) bond motifs is 3. The van der Waals surface area contributed by atoms with Gasteiger partial charge in [-0.3, -0.25) is 4.98 Å². The molecule has 0 aliphatic heterocycles. The molecule has 0 spiro atoms. The molecule has 0 fully saturated rings. The van der Waals surface area contributed by atoms with E-state index in [9.17, 15) is 0 Å². The quantitative estimate of drug-likeness (QED) is 0.488. The molecule has 0 unspecified atom stereocenters. The first-order valence-corrected chi connectivity index (χ1v) is 7.79. The largest absolute Gasteiger partial charge is 0.456 e. The van der Waals surface area contributed by atoms with Crippen LogP contribution in [-0.4, -0.2) is 4.98 Å². The van der Waals surface area contributed by atoms with Crippen LogP contribution in [0.15, 0.2) is 47.1 Å². The molecule has 0 radical (unpaired) electrons. The lowest BCUT2D eigenvalue weighted by Crippen LogP contribution is -2.31. The van der Waals surface area contributed by atoms with Crippen LogP contribution < -0.4 is 4.57 Å². The van der Waals surface area contributed by atoms with Crippen molar-refractivity contribution in [1.29, 1.82) is 0 Å². The minimum absolute atomic E-state index is 0.900. The zero-order valence-corrected chi connectivity index (χ0v) is 13.8. The Balaban J connectivity index is 2.01. The summed E-state index contributed by atoms with van der Waals surface area (Å²) in [5.74, 6) is 0. The molecule has 0 amide bonds. The van der Waals surface area contributed by atoms with Gasteiger partial charge >= 0.3 is 0 Å². The summed E-state index contributed by atoms with van der Waals surface area (Å²) in [6, 6.07) is 10.6. The Kier molecular flexibility index (Phi) is 2.98. The molecule has 4 aromatic rings. The predicted molar refractivity (Wildman–Crippen MR) is 92.3 cm³/mol. The first kappa shape index (κ1) is 13.9. The van der Waals surface area contributed by atoms with Crippen molar-refractivity contribution in [3.63, 3.8) is 0 Å². The molecule has 23 heavy (non-hydrogen) atoms. The molecule has 3 heterocycles. The van der Waals surface area contributed by atoms with E-state index in [1.807, 2.05) is 19.2 Å². The molecule has 3 aromatic heterocycles. The maximum atomic E-state index is 6.06. The van der Waals surface area contributed by atoms with E-state index in [2.05, 4.69) is 60.9 Å². The van der Waals surface area contributed by atoms with E-state index >= 15 is 0 Å². The van der Waals surface area contributed by atoms with Crippen molar-refractivity contribution in [2.45, 2.75) is 20.8 Å². The lowest BCUT2D eigenvalue weighted by molar-refractivity contribution is -0.660. The first-order valence-electron chi connectivity index (χ1n) is 7.79. The smallest absolute Gasteiger partial charge is 0.212 e. The van der Waals surface area contributed by atoms with Gasteiger partial charge in [-0.1, -0.05) is 0 Å². The number of pyridine rings is 2. The number of furan rings is 1. The summed E-state index contributed by atoms with van der Waals surface area (Å²) in [4.78, 5) is 4.40. The summed E-state index contributed by atoms with van der Waals surface area (Å²) in [6.07, 6.45) is 4.05. The van der Waals surface area contributed by atoms with Crippen molar-refractivity contribution in [2.75, 3.05) is 0 Å². The molecule has 3 nitrogen and oxygen atoms in total. The highest BCUT2D eigenvalue weighted by Crippen LogP contribution is 2.33. The predicted octanol–water partition coefficient (Wildman–Crippen LogP) is 4.40. The monoisotopic (exact) mass is 303 g/mol. The second-order valence-corrected chi connectivity index (χ2v) is 6.29. The third kappa shape index (κ3) is 2.20. The van der Waals surface area contributed by atoms with Gasteiger partial charge in [0.2, 0.25) is 5.69 Å². The van der Waals surface area contributed by atoms with Gasteiger partial charge in [0.25, 0.3) is 0 Å². The zero-order chi connectivity index (χ0) is 16.1. The topological polar surface area (TPSA) is 29.9 Å². The maximum Gasteiger partial charge on any atom is 0.212 e. The van der Waals surface area contributed by atoms with Gasteiger partial charge < -0.3 is 4.42 Å². The lowest BCUT2D eigenvalue weighted by Gasteiger charge is -2.05. The SMILES string of the molecule is Cc1ccc(-c2cc3oc4cc(C)ncc4c3cc2C)[n+](C)c1. The molecule has 0 N–H and O–H groups in total. The molecule has 114 valence electrons. The fraction of sp³-hybridized carbons (Fsp3) is 0.200. The van der Waals surface area contributed by atoms with E-state index in [0.29, 0.717) is 0 Å². The third-order valence-electron chi connectivity index (χ3n) is 4.40. The molecule has 0 saturated heterocycles. The summed E-state index contributed by atoms with van der Waals surface area (Å²) in [6.45, 7) is 6.24. The van der Waals surface area contributed by atoms with Gasteiger partial charge in [0.05, 0.1) is 5.56 Å². The van der Waals surface area contributed by atoms with Gasteiger partial charge in [-0.05, 0) is 44.5 Å². The normalized spacial score (nSPS) is 11.5. The van der Waals surface area contributed by atoms with Crippen molar-refractivity contribution in [1.82, 2.24) is 4.98 Å². The number of hydrogen-bond acceptors (Lipinski definition) is 2. The van der Waals surface area contributed by atoms with Crippen LogP contribution in [0.5, 0.6) is 0 Å². The van der Waals surface area contributed by atoms with E-state index in [4.69, 9.17) is 4.42 Å². The van der Waals surface area contributed by atoms with Crippen LogP contribution in [0.2, 0.25) is 0 Å². The highest BCUT2D eigenvalue weighted by Gasteiger charge is 2.16. The maximum absolute atomic E-state index is 6.06. The summed E-state index contributed by atoms with van der Waals surface area (Å²) < 4.78 is 8.23. The van der Waals surface area contributed by atoms with Gasteiger partial charge in [-0.15, -0.1) is 0 Å². The van der Waals surface area contributed by atoms with E-state index in [1.165, 1.54) is 22.4 Å². The van der Waals surface area contributed by atoms with Crippen LogP contribution in [0.3, 0.4) is 0 Å². The summed E-state index contributed by atoms with van der Waals surface area (Å²) in [7, 11) is 2.08. The van der Waals surface area contributed by atoms with Crippen LogP contribution >= 0.6 is 0 Å². The molecule has 0 atom stereocenters. The van der Waals surface area contributed by atoms with Gasteiger partial charge in [-0.2, -0.15) is 0 Å². The zero-order valence-electron chi connectivity index (χ0n) is 13.8. The van der Waals surface area contributed by atoms with E-state index in [0.717, 1.165) is 27.6 Å². The second kappa shape index (κ2) is 4.92. The molecule has 3 heteroatoms. The van der Waals surface area contributed by atoms with Crippen LogP contribution in [0.1, 0.15) is 16.8 Å².